The first-order valence-corrected chi connectivity index (χ1v) is 9.99. The lowest BCUT2D eigenvalue weighted by Crippen LogP contribution is -2.43. The number of rotatable bonds is 6. The Hall–Kier alpha value is -3.28. The molecule has 1 saturated heterocycles. The second kappa shape index (κ2) is 8.82. The molecule has 0 spiro atoms. The number of likely N-dealkylation sites (tertiary alicyclic amines) is 1. The molecule has 0 bridgehead atoms. The van der Waals surface area contributed by atoms with Crippen LogP contribution in [0, 0.1) is 5.92 Å². The molecule has 2 amide bonds. The van der Waals surface area contributed by atoms with Crippen LogP contribution in [0.3, 0.4) is 0 Å². The molecular weight excluding hydrogens is 366 g/mol. The smallest absolute Gasteiger partial charge is 0.270 e. The van der Waals surface area contributed by atoms with Crippen LogP contribution in [0.15, 0.2) is 71.5 Å². The van der Waals surface area contributed by atoms with Crippen LogP contribution in [0.1, 0.15) is 34.7 Å². The molecule has 0 atom stereocenters. The van der Waals surface area contributed by atoms with Gasteiger partial charge in [-0.05, 0) is 42.7 Å². The number of furan rings is 1. The van der Waals surface area contributed by atoms with E-state index >= 15 is 0 Å². The first kappa shape index (κ1) is 19.1. The molecule has 3 heterocycles. The summed E-state index contributed by atoms with van der Waals surface area (Å²) in [5.41, 5.74) is 1.85. The number of hydrogen-bond acceptors (Lipinski definition) is 3. The van der Waals surface area contributed by atoms with E-state index in [9.17, 15) is 9.59 Å². The van der Waals surface area contributed by atoms with E-state index in [0.717, 1.165) is 11.3 Å². The molecule has 150 valence electrons. The summed E-state index contributed by atoms with van der Waals surface area (Å²) >= 11 is 0. The lowest BCUT2D eigenvalue weighted by Gasteiger charge is -2.31. The number of aromatic nitrogens is 1. The molecule has 1 N–H and O–H groups in total. The molecule has 0 saturated carbocycles. The second-order valence-electron chi connectivity index (χ2n) is 7.37. The van der Waals surface area contributed by atoms with E-state index in [4.69, 9.17) is 4.42 Å². The van der Waals surface area contributed by atoms with E-state index in [0.29, 0.717) is 44.7 Å². The molecule has 6 nitrogen and oxygen atoms in total. The molecule has 1 fully saturated rings. The number of piperidine rings is 1. The molecule has 1 aliphatic rings. The highest BCUT2D eigenvalue weighted by Crippen LogP contribution is 2.20. The molecule has 1 aliphatic heterocycles. The normalized spacial score (nSPS) is 14.7. The Morgan fingerprint density at radius 2 is 1.79 bits per heavy atom. The Kier molecular flexibility index (Phi) is 5.79. The second-order valence-corrected chi connectivity index (χ2v) is 7.37. The van der Waals surface area contributed by atoms with E-state index in [-0.39, 0.29) is 17.7 Å². The van der Waals surface area contributed by atoms with Crippen molar-refractivity contribution in [2.24, 2.45) is 5.92 Å². The Morgan fingerprint density at radius 1 is 1.00 bits per heavy atom. The Labute approximate surface area is 170 Å². The first-order valence-electron chi connectivity index (χ1n) is 9.99. The molecule has 1 aromatic carbocycles. The van der Waals surface area contributed by atoms with Gasteiger partial charge in [-0.2, -0.15) is 0 Å². The van der Waals surface area contributed by atoms with Crippen molar-refractivity contribution in [1.29, 1.82) is 0 Å². The van der Waals surface area contributed by atoms with Crippen molar-refractivity contribution in [2.45, 2.75) is 25.9 Å². The molecule has 0 unspecified atom stereocenters. The number of benzene rings is 1. The van der Waals surface area contributed by atoms with Crippen LogP contribution in [-0.4, -0.2) is 34.4 Å². The summed E-state index contributed by atoms with van der Waals surface area (Å²) < 4.78 is 7.23. The fraction of sp³-hybridized carbons (Fsp3) is 0.304. The van der Waals surface area contributed by atoms with Crippen molar-refractivity contribution in [3.8, 4) is 0 Å². The zero-order valence-electron chi connectivity index (χ0n) is 16.3. The quantitative estimate of drug-likeness (QED) is 0.701. The average molecular weight is 391 g/mol. The highest BCUT2D eigenvalue weighted by Gasteiger charge is 2.28. The topological polar surface area (TPSA) is 67.5 Å². The minimum Gasteiger partial charge on any atom is -0.467 e. The van der Waals surface area contributed by atoms with Crippen LogP contribution >= 0.6 is 0 Å². The van der Waals surface area contributed by atoms with Crippen molar-refractivity contribution in [3.63, 3.8) is 0 Å². The van der Waals surface area contributed by atoms with Gasteiger partial charge in [0.15, 0.2) is 0 Å². The predicted molar refractivity (Wildman–Crippen MR) is 109 cm³/mol. The van der Waals surface area contributed by atoms with Gasteiger partial charge in [-0.15, -0.1) is 0 Å². The summed E-state index contributed by atoms with van der Waals surface area (Å²) in [5.74, 6) is 0.733. The summed E-state index contributed by atoms with van der Waals surface area (Å²) in [6.07, 6.45) is 4.89. The monoisotopic (exact) mass is 391 g/mol. The van der Waals surface area contributed by atoms with Crippen molar-refractivity contribution < 1.29 is 14.0 Å². The molecule has 29 heavy (non-hydrogen) atoms. The van der Waals surface area contributed by atoms with Crippen LogP contribution in [-0.2, 0) is 17.9 Å². The molecular formula is C23H25N3O3. The van der Waals surface area contributed by atoms with Gasteiger partial charge in [0.1, 0.15) is 11.5 Å². The lowest BCUT2D eigenvalue weighted by atomic mass is 9.95. The summed E-state index contributed by atoms with van der Waals surface area (Å²) in [6.45, 7) is 2.25. The average Bonchev–Trinajstić information content (AvgIpc) is 3.44. The number of hydrogen-bond donors (Lipinski definition) is 1. The summed E-state index contributed by atoms with van der Waals surface area (Å²) in [6, 6.07) is 17.5. The number of nitrogens with zero attached hydrogens (tertiary/aromatic N) is 2. The van der Waals surface area contributed by atoms with Gasteiger partial charge < -0.3 is 19.2 Å². The molecule has 0 radical (unpaired) electrons. The zero-order valence-corrected chi connectivity index (χ0v) is 16.3. The minimum absolute atomic E-state index is 0.0281. The summed E-state index contributed by atoms with van der Waals surface area (Å²) in [4.78, 5) is 27.3. The van der Waals surface area contributed by atoms with Crippen molar-refractivity contribution in [1.82, 2.24) is 14.8 Å². The number of amides is 2. The third-order valence-corrected chi connectivity index (χ3v) is 5.41. The maximum atomic E-state index is 13.0. The third kappa shape index (κ3) is 4.59. The van der Waals surface area contributed by atoms with Gasteiger partial charge >= 0.3 is 0 Å². The Morgan fingerprint density at radius 3 is 2.52 bits per heavy atom. The number of nitrogens with one attached hydrogen (secondary N) is 1. The zero-order chi connectivity index (χ0) is 20.1. The molecule has 6 heteroatoms. The van der Waals surface area contributed by atoms with Gasteiger partial charge in [-0.1, -0.05) is 30.3 Å². The van der Waals surface area contributed by atoms with Gasteiger partial charge in [0.2, 0.25) is 5.91 Å². The van der Waals surface area contributed by atoms with E-state index < -0.39 is 0 Å². The number of carbonyl (C=O) groups excluding carboxylic acids is 2. The molecule has 2 aromatic heterocycles. The van der Waals surface area contributed by atoms with Gasteiger partial charge in [0.05, 0.1) is 12.8 Å². The van der Waals surface area contributed by atoms with Crippen LogP contribution in [0.25, 0.3) is 0 Å². The van der Waals surface area contributed by atoms with E-state index in [1.54, 1.807) is 12.3 Å². The van der Waals surface area contributed by atoms with Gasteiger partial charge in [0.25, 0.3) is 5.91 Å². The van der Waals surface area contributed by atoms with Gasteiger partial charge in [-0.25, -0.2) is 0 Å². The molecule has 4 rings (SSSR count). The number of carbonyl (C=O) groups is 2. The standard InChI is InChI=1S/C23H25N3O3/c27-22(24-16-20-8-5-15-29-20)19-10-13-25(14-11-19)23(28)21-9-4-12-26(21)17-18-6-2-1-3-7-18/h1-9,12,15,19H,10-11,13-14,16-17H2,(H,24,27). The van der Waals surface area contributed by atoms with Crippen LogP contribution in [0.5, 0.6) is 0 Å². The van der Waals surface area contributed by atoms with Gasteiger partial charge in [0, 0.05) is 31.7 Å². The van der Waals surface area contributed by atoms with Crippen molar-refractivity contribution in [3.05, 3.63) is 84.1 Å². The van der Waals surface area contributed by atoms with Crippen molar-refractivity contribution >= 4 is 11.8 Å². The highest BCUT2D eigenvalue weighted by atomic mass is 16.3. The minimum atomic E-state index is -0.0647. The summed E-state index contributed by atoms with van der Waals surface area (Å²) in [7, 11) is 0. The third-order valence-electron chi connectivity index (χ3n) is 5.41. The fourth-order valence-corrected chi connectivity index (χ4v) is 3.76. The Bertz CT molecular complexity index is 939. The summed E-state index contributed by atoms with van der Waals surface area (Å²) in [5, 5.41) is 2.92. The van der Waals surface area contributed by atoms with E-state index in [1.807, 2.05) is 52.1 Å². The van der Waals surface area contributed by atoms with Crippen LogP contribution in [0.4, 0.5) is 0 Å². The SMILES string of the molecule is O=C(NCc1ccco1)C1CCN(C(=O)c2cccn2Cc2ccccc2)CC1. The van der Waals surface area contributed by atoms with Crippen LogP contribution < -0.4 is 5.32 Å². The van der Waals surface area contributed by atoms with E-state index in [1.165, 1.54) is 0 Å². The molecule has 3 aromatic rings. The predicted octanol–water partition coefficient (Wildman–Crippen LogP) is 3.30. The highest BCUT2D eigenvalue weighted by molar-refractivity contribution is 5.93. The largest absolute Gasteiger partial charge is 0.467 e. The van der Waals surface area contributed by atoms with E-state index in [2.05, 4.69) is 17.4 Å². The first-order chi connectivity index (χ1) is 14.2. The maximum Gasteiger partial charge on any atom is 0.270 e. The Balaban J connectivity index is 1.31. The van der Waals surface area contributed by atoms with Crippen LogP contribution in [0.2, 0.25) is 0 Å². The van der Waals surface area contributed by atoms with Gasteiger partial charge in [-0.3, -0.25) is 9.59 Å². The van der Waals surface area contributed by atoms with Crippen molar-refractivity contribution in [2.75, 3.05) is 13.1 Å². The molecule has 0 aliphatic carbocycles. The fourth-order valence-electron chi connectivity index (χ4n) is 3.76. The maximum absolute atomic E-state index is 13.0. The lowest BCUT2D eigenvalue weighted by molar-refractivity contribution is -0.126.